The molecule has 0 aliphatic heterocycles. The summed E-state index contributed by atoms with van der Waals surface area (Å²) in [6.07, 6.45) is 12.5. The summed E-state index contributed by atoms with van der Waals surface area (Å²) in [5.41, 5.74) is 1.76. The van der Waals surface area contributed by atoms with E-state index in [9.17, 15) is 4.79 Å². The van der Waals surface area contributed by atoms with Crippen LogP contribution < -0.4 is 4.74 Å². The van der Waals surface area contributed by atoms with Crippen LogP contribution in [0.2, 0.25) is 5.02 Å². The normalized spacial score (nSPS) is 20.2. The minimum absolute atomic E-state index is 0.146. The minimum atomic E-state index is 0.146. The highest BCUT2D eigenvalue weighted by atomic mass is 35.5. The van der Waals surface area contributed by atoms with Gasteiger partial charge in [-0.05, 0) is 61.9 Å². The molecule has 2 atom stereocenters. The topological polar surface area (TPSA) is 73.1 Å². The zero-order valence-electron chi connectivity index (χ0n) is 21.8. The molecule has 2 saturated carbocycles. The Bertz CT molecular complexity index is 1210. The number of aromatic nitrogens is 4. The zero-order valence-corrected chi connectivity index (χ0v) is 22.5. The number of pyridine rings is 1. The summed E-state index contributed by atoms with van der Waals surface area (Å²) in [7, 11) is 1.60. The van der Waals surface area contributed by atoms with Crippen LogP contribution in [0.4, 0.5) is 0 Å². The van der Waals surface area contributed by atoms with E-state index in [1.165, 1.54) is 19.3 Å². The number of carbonyl (C=O) groups is 1. The van der Waals surface area contributed by atoms with Gasteiger partial charge >= 0.3 is 0 Å². The molecule has 1 aromatic carbocycles. The first-order chi connectivity index (χ1) is 18.0. The Morgan fingerprint density at radius 1 is 1.08 bits per heavy atom. The molecule has 0 bridgehead atoms. The van der Waals surface area contributed by atoms with Crippen molar-refractivity contribution in [3.05, 3.63) is 47.7 Å². The molecule has 2 aliphatic rings. The zero-order chi connectivity index (χ0) is 25.8. The third-order valence-electron chi connectivity index (χ3n) is 7.91. The number of nitrogens with zero attached hydrogens (tertiary/aromatic N) is 5. The second kappa shape index (κ2) is 11.6. The molecule has 8 heteroatoms. The van der Waals surface area contributed by atoms with Gasteiger partial charge in [-0.1, -0.05) is 44.2 Å². The summed E-state index contributed by atoms with van der Waals surface area (Å²) in [6.45, 7) is 3.48. The van der Waals surface area contributed by atoms with Crippen LogP contribution in [-0.4, -0.2) is 50.3 Å². The van der Waals surface area contributed by atoms with Crippen LogP contribution in [0.25, 0.3) is 22.8 Å². The number of hydrogen-bond acceptors (Lipinski definition) is 5. The lowest BCUT2D eigenvalue weighted by atomic mass is 9.81. The lowest BCUT2D eigenvalue weighted by Gasteiger charge is -2.35. The first kappa shape index (κ1) is 25.7. The van der Waals surface area contributed by atoms with Gasteiger partial charge in [0, 0.05) is 42.0 Å². The van der Waals surface area contributed by atoms with Gasteiger partial charge in [0.2, 0.25) is 5.91 Å². The van der Waals surface area contributed by atoms with Crippen molar-refractivity contribution >= 4 is 17.5 Å². The molecule has 0 saturated heterocycles. The van der Waals surface area contributed by atoms with Crippen molar-refractivity contribution in [2.75, 3.05) is 13.7 Å². The van der Waals surface area contributed by atoms with E-state index in [1.54, 1.807) is 19.5 Å². The molecule has 2 aromatic heterocycles. The monoisotopic (exact) mass is 521 g/mol. The second-order valence-corrected chi connectivity index (χ2v) is 10.9. The second-order valence-electron chi connectivity index (χ2n) is 10.5. The molecule has 5 rings (SSSR count). The van der Waals surface area contributed by atoms with Gasteiger partial charge in [-0.2, -0.15) is 5.10 Å². The number of halogens is 1. The van der Waals surface area contributed by atoms with Crippen LogP contribution in [0.1, 0.15) is 58.3 Å². The van der Waals surface area contributed by atoms with Crippen molar-refractivity contribution in [2.45, 2.75) is 70.9 Å². The third kappa shape index (κ3) is 5.82. The summed E-state index contributed by atoms with van der Waals surface area (Å²) < 4.78 is 7.27. The van der Waals surface area contributed by atoms with E-state index < -0.39 is 0 Å². The average molecular weight is 522 g/mol. The number of carbonyl (C=O) groups excluding carboxylic acids is 1. The molecule has 2 unspecified atom stereocenters. The fourth-order valence-electron chi connectivity index (χ4n) is 5.92. The smallest absolute Gasteiger partial charge is 0.226 e. The van der Waals surface area contributed by atoms with Gasteiger partial charge in [-0.3, -0.25) is 9.78 Å². The van der Waals surface area contributed by atoms with Crippen molar-refractivity contribution < 1.29 is 9.53 Å². The summed E-state index contributed by atoms with van der Waals surface area (Å²) in [5.74, 6) is 3.07. The van der Waals surface area contributed by atoms with Crippen molar-refractivity contribution in [3.8, 4) is 28.5 Å². The van der Waals surface area contributed by atoms with Crippen LogP contribution in [-0.2, 0) is 11.3 Å². The summed E-state index contributed by atoms with van der Waals surface area (Å²) >= 11 is 6.46. The van der Waals surface area contributed by atoms with Crippen molar-refractivity contribution in [1.82, 2.24) is 24.6 Å². The van der Waals surface area contributed by atoms with Crippen LogP contribution >= 0.6 is 11.6 Å². The largest absolute Gasteiger partial charge is 0.495 e. The summed E-state index contributed by atoms with van der Waals surface area (Å²) in [6, 6.07) is 9.80. The number of rotatable bonds is 8. The summed E-state index contributed by atoms with van der Waals surface area (Å²) in [5, 5.41) is 5.40. The predicted molar refractivity (Wildman–Crippen MR) is 145 cm³/mol. The highest BCUT2D eigenvalue weighted by molar-refractivity contribution is 6.32. The van der Waals surface area contributed by atoms with Gasteiger partial charge < -0.3 is 9.64 Å². The Labute approximate surface area is 224 Å². The van der Waals surface area contributed by atoms with E-state index in [4.69, 9.17) is 26.4 Å². The Morgan fingerprint density at radius 2 is 1.86 bits per heavy atom. The average Bonchev–Trinajstić information content (AvgIpc) is 3.60. The maximum absolute atomic E-state index is 13.8. The Kier molecular flexibility index (Phi) is 8.08. The molecule has 2 heterocycles. The molecule has 0 radical (unpaired) electrons. The lowest BCUT2D eigenvalue weighted by Crippen LogP contribution is -2.45. The molecular formula is C29H36ClN5O2. The minimum Gasteiger partial charge on any atom is -0.495 e. The van der Waals surface area contributed by atoms with Crippen LogP contribution in [0.15, 0.2) is 42.7 Å². The van der Waals surface area contributed by atoms with Gasteiger partial charge in [-0.25, -0.2) is 9.67 Å². The van der Waals surface area contributed by atoms with Gasteiger partial charge in [-0.15, -0.1) is 0 Å². The SMILES string of the molecule is COc1ccc(-c2nc(-c3ccncc3)nn2CCN(C(=O)C2CCCC(C)C2)C2CCCC2)cc1Cl. The maximum atomic E-state index is 13.8. The van der Waals surface area contributed by atoms with Gasteiger partial charge in [0.15, 0.2) is 11.6 Å². The Balaban J connectivity index is 1.44. The van der Waals surface area contributed by atoms with Crippen molar-refractivity contribution in [2.24, 2.45) is 11.8 Å². The number of methoxy groups -OCH3 is 1. The number of hydrogen-bond donors (Lipinski definition) is 0. The van der Waals surface area contributed by atoms with E-state index in [-0.39, 0.29) is 5.92 Å². The fourth-order valence-corrected chi connectivity index (χ4v) is 6.18. The predicted octanol–water partition coefficient (Wildman–Crippen LogP) is 6.27. The molecule has 2 aliphatic carbocycles. The number of amides is 1. The first-order valence-corrected chi connectivity index (χ1v) is 13.9. The first-order valence-electron chi connectivity index (χ1n) is 13.5. The lowest BCUT2D eigenvalue weighted by molar-refractivity contribution is -0.139. The maximum Gasteiger partial charge on any atom is 0.226 e. The number of ether oxygens (including phenoxy) is 1. The third-order valence-corrected chi connectivity index (χ3v) is 8.20. The molecule has 196 valence electrons. The Hall–Kier alpha value is -2.93. The van der Waals surface area contributed by atoms with Crippen molar-refractivity contribution in [1.29, 1.82) is 0 Å². The molecule has 2 fully saturated rings. The van der Waals surface area contributed by atoms with E-state index in [2.05, 4.69) is 16.8 Å². The van der Waals surface area contributed by atoms with Crippen LogP contribution in [0.5, 0.6) is 5.75 Å². The van der Waals surface area contributed by atoms with Gasteiger partial charge in [0.05, 0.1) is 18.7 Å². The van der Waals surface area contributed by atoms with Crippen molar-refractivity contribution in [3.63, 3.8) is 0 Å². The Morgan fingerprint density at radius 3 is 2.57 bits per heavy atom. The standard InChI is InChI=1S/C29H36ClN5O2/c1-20-6-5-7-23(18-20)29(36)34(24-8-3-4-9-24)16-17-35-28(22-10-11-26(37-2)25(30)19-22)32-27(33-35)21-12-14-31-15-13-21/h10-15,19-20,23-24H,3-9,16-18H2,1-2H3. The van der Waals surface area contributed by atoms with Gasteiger partial charge in [0.1, 0.15) is 5.75 Å². The van der Waals surface area contributed by atoms with E-state index in [0.717, 1.165) is 49.1 Å². The summed E-state index contributed by atoms with van der Waals surface area (Å²) in [4.78, 5) is 25.0. The van der Waals surface area contributed by atoms with Crippen LogP contribution in [0, 0.1) is 11.8 Å². The molecule has 37 heavy (non-hydrogen) atoms. The molecule has 0 N–H and O–H groups in total. The highest BCUT2D eigenvalue weighted by Crippen LogP contribution is 2.34. The molecule has 0 spiro atoms. The highest BCUT2D eigenvalue weighted by Gasteiger charge is 2.33. The molecule has 3 aromatic rings. The number of benzene rings is 1. The molecule has 1 amide bonds. The van der Waals surface area contributed by atoms with E-state index in [0.29, 0.717) is 47.6 Å². The molecular weight excluding hydrogens is 486 g/mol. The van der Waals surface area contributed by atoms with E-state index in [1.807, 2.05) is 35.0 Å². The van der Waals surface area contributed by atoms with E-state index >= 15 is 0 Å². The quantitative estimate of drug-likeness (QED) is 0.349. The van der Waals surface area contributed by atoms with Gasteiger partial charge in [0.25, 0.3) is 0 Å². The van der Waals surface area contributed by atoms with Crippen LogP contribution in [0.3, 0.4) is 0 Å². The fraction of sp³-hybridized carbons (Fsp3) is 0.517. The molecule has 7 nitrogen and oxygen atoms in total.